The number of pyridine rings is 1. The van der Waals surface area contributed by atoms with E-state index in [-0.39, 0.29) is 10.4 Å². The lowest BCUT2D eigenvalue weighted by Crippen LogP contribution is -2.41. The van der Waals surface area contributed by atoms with Crippen LogP contribution in [0.5, 0.6) is 0 Å². The fourth-order valence-electron chi connectivity index (χ4n) is 1.82. The Labute approximate surface area is 119 Å². The van der Waals surface area contributed by atoms with E-state index in [2.05, 4.69) is 0 Å². The van der Waals surface area contributed by atoms with E-state index in [9.17, 15) is 19.6 Å². The molecule has 0 radical (unpaired) electrons. The third-order valence-electron chi connectivity index (χ3n) is 2.87. The maximum Gasteiger partial charge on any atom is 0.402 e. The molecule has 1 N–H and O–H groups in total. The fourth-order valence-corrected chi connectivity index (χ4v) is 1.82. The Morgan fingerprint density at radius 1 is 0.905 bits per heavy atom. The topological polar surface area (TPSA) is 98.4 Å². The van der Waals surface area contributed by atoms with Crippen LogP contribution in [-0.4, -0.2) is 22.6 Å². The number of nitrogens with zero attached hydrogens (tertiary/aromatic N) is 1. The molecule has 0 unspecified atom stereocenters. The van der Waals surface area contributed by atoms with Crippen LogP contribution >= 0.6 is 0 Å². The largest absolute Gasteiger partial charge is 0.618 e. The number of ketones is 2. The van der Waals surface area contributed by atoms with Crippen LogP contribution in [0.1, 0.15) is 37.8 Å². The molecule has 0 aliphatic rings. The summed E-state index contributed by atoms with van der Waals surface area (Å²) in [5.41, 5.74) is -0.565. The average molecular weight is 285 g/mol. The molecule has 2 aromatic rings. The maximum atomic E-state index is 12.0. The van der Waals surface area contributed by atoms with E-state index in [4.69, 9.17) is 5.11 Å². The molecule has 2 rings (SSSR count). The molecule has 1 aromatic heterocycles. The standard InChI is InChI=1S/C15H11NO5/c17-13(10-5-2-1-3-6-10)9-14(18)11-7-4-8-12(15(19)20)16(11)21/h1-8H,9H2,(H,19,20). The van der Waals surface area contributed by atoms with Crippen LogP contribution in [0, 0.1) is 5.21 Å². The van der Waals surface area contributed by atoms with Crippen molar-refractivity contribution in [1.29, 1.82) is 0 Å². The van der Waals surface area contributed by atoms with Gasteiger partial charge in [-0.15, -0.1) is 0 Å². The van der Waals surface area contributed by atoms with E-state index in [1.54, 1.807) is 30.3 Å². The normalized spacial score (nSPS) is 10.1. The van der Waals surface area contributed by atoms with Crippen LogP contribution in [0.15, 0.2) is 48.5 Å². The van der Waals surface area contributed by atoms with E-state index in [1.165, 1.54) is 12.1 Å². The molecule has 1 aromatic carbocycles. The van der Waals surface area contributed by atoms with Crippen LogP contribution in [0.2, 0.25) is 0 Å². The Bertz CT molecular complexity index is 709. The van der Waals surface area contributed by atoms with Crippen molar-refractivity contribution >= 4 is 17.5 Å². The summed E-state index contributed by atoms with van der Waals surface area (Å²) in [5.74, 6) is -2.59. The molecule has 0 fully saturated rings. The van der Waals surface area contributed by atoms with E-state index < -0.39 is 29.7 Å². The van der Waals surface area contributed by atoms with Crippen LogP contribution in [0.4, 0.5) is 0 Å². The molecular weight excluding hydrogens is 274 g/mol. The Balaban J connectivity index is 2.24. The summed E-state index contributed by atoms with van der Waals surface area (Å²) in [6.45, 7) is 0. The van der Waals surface area contributed by atoms with Gasteiger partial charge in [0.1, 0.15) is 0 Å². The second-order valence-corrected chi connectivity index (χ2v) is 4.28. The van der Waals surface area contributed by atoms with Crippen molar-refractivity contribution in [2.24, 2.45) is 0 Å². The van der Waals surface area contributed by atoms with Gasteiger partial charge in [0.05, 0.1) is 6.42 Å². The highest BCUT2D eigenvalue weighted by Crippen LogP contribution is 2.07. The van der Waals surface area contributed by atoms with E-state index >= 15 is 0 Å². The lowest BCUT2D eigenvalue weighted by molar-refractivity contribution is -0.610. The van der Waals surface area contributed by atoms with Crippen molar-refractivity contribution in [3.8, 4) is 0 Å². The first-order valence-electron chi connectivity index (χ1n) is 6.08. The molecule has 6 heteroatoms. The van der Waals surface area contributed by atoms with Gasteiger partial charge in [0.25, 0.3) is 5.69 Å². The molecule has 0 aliphatic carbocycles. The van der Waals surface area contributed by atoms with E-state index in [1.807, 2.05) is 0 Å². The van der Waals surface area contributed by atoms with Crippen molar-refractivity contribution in [3.05, 3.63) is 70.7 Å². The Morgan fingerprint density at radius 2 is 1.52 bits per heavy atom. The summed E-state index contributed by atoms with van der Waals surface area (Å²) in [6.07, 6.45) is -0.491. The molecule has 0 aliphatic heterocycles. The Morgan fingerprint density at radius 3 is 2.14 bits per heavy atom. The first-order chi connectivity index (χ1) is 10.0. The van der Waals surface area contributed by atoms with Crippen LogP contribution in [-0.2, 0) is 0 Å². The minimum absolute atomic E-state index is 0.0307. The number of benzene rings is 1. The van der Waals surface area contributed by atoms with Gasteiger partial charge in [0.2, 0.25) is 5.78 Å². The summed E-state index contributed by atoms with van der Waals surface area (Å²) in [5, 5.41) is 20.6. The molecule has 0 saturated carbocycles. The summed E-state index contributed by atoms with van der Waals surface area (Å²) in [7, 11) is 0. The first kappa shape index (κ1) is 14.4. The van der Waals surface area contributed by atoms with Gasteiger partial charge in [-0.3, -0.25) is 9.59 Å². The third-order valence-corrected chi connectivity index (χ3v) is 2.87. The zero-order valence-corrected chi connectivity index (χ0v) is 10.9. The Hall–Kier alpha value is -3.02. The number of hydrogen-bond acceptors (Lipinski definition) is 4. The van der Waals surface area contributed by atoms with Gasteiger partial charge in [0, 0.05) is 17.7 Å². The van der Waals surface area contributed by atoms with Gasteiger partial charge in [-0.2, -0.15) is 4.73 Å². The van der Waals surface area contributed by atoms with Crippen molar-refractivity contribution in [2.45, 2.75) is 6.42 Å². The van der Waals surface area contributed by atoms with Crippen molar-refractivity contribution in [1.82, 2.24) is 0 Å². The van der Waals surface area contributed by atoms with Gasteiger partial charge in [-0.1, -0.05) is 30.3 Å². The van der Waals surface area contributed by atoms with Crippen LogP contribution < -0.4 is 4.73 Å². The number of carbonyl (C=O) groups excluding carboxylic acids is 2. The molecule has 0 bridgehead atoms. The second kappa shape index (κ2) is 5.96. The summed E-state index contributed by atoms with van der Waals surface area (Å²) in [6, 6.07) is 11.8. The average Bonchev–Trinajstić information content (AvgIpc) is 2.47. The molecule has 6 nitrogen and oxygen atoms in total. The number of aromatic carboxylic acids is 1. The first-order valence-corrected chi connectivity index (χ1v) is 6.08. The molecule has 0 spiro atoms. The van der Waals surface area contributed by atoms with Crippen LogP contribution in [0.25, 0.3) is 0 Å². The van der Waals surface area contributed by atoms with Gasteiger partial charge >= 0.3 is 11.7 Å². The minimum atomic E-state index is -1.44. The van der Waals surface area contributed by atoms with Crippen LogP contribution in [0.3, 0.4) is 0 Å². The quantitative estimate of drug-likeness (QED) is 0.388. The molecule has 0 amide bonds. The lowest BCUT2D eigenvalue weighted by atomic mass is 10.0. The fraction of sp³-hybridized carbons (Fsp3) is 0.0667. The second-order valence-electron chi connectivity index (χ2n) is 4.28. The summed E-state index contributed by atoms with van der Waals surface area (Å²) >= 11 is 0. The minimum Gasteiger partial charge on any atom is -0.618 e. The smallest absolute Gasteiger partial charge is 0.402 e. The number of rotatable bonds is 5. The van der Waals surface area contributed by atoms with Crippen molar-refractivity contribution in [3.63, 3.8) is 0 Å². The lowest BCUT2D eigenvalue weighted by Gasteiger charge is -2.05. The highest BCUT2D eigenvalue weighted by molar-refractivity contribution is 6.12. The highest BCUT2D eigenvalue weighted by atomic mass is 16.5. The van der Waals surface area contributed by atoms with Gasteiger partial charge < -0.3 is 10.3 Å². The SMILES string of the molecule is O=C(CC(=O)c1cccc(C(=O)O)[n+]1[O-])c1ccccc1. The van der Waals surface area contributed by atoms with E-state index in [0.717, 1.165) is 6.07 Å². The maximum absolute atomic E-state index is 12.0. The monoisotopic (exact) mass is 285 g/mol. The Kier molecular flexibility index (Phi) is 4.08. The van der Waals surface area contributed by atoms with E-state index in [0.29, 0.717) is 5.56 Å². The molecule has 0 atom stereocenters. The molecule has 1 heterocycles. The van der Waals surface area contributed by atoms with Crippen molar-refractivity contribution < 1.29 is 24.2 Å². The van der Waals surface area contributed by atoms with Gasteiger partial charge in [-0.05, 0) is 6.07 Å². The number of carboxylic acids is 1. The molecule has 0 saturated heterocycles. The third kappa shape index (κ3) is 3.11. The zero-order valence-electron chi connectivity index (χ0n) is 10.9. The number of Topliss-reactive ketones (excluding diaryl/α,β-unsaturated/α-hetero) is 2. The number of carboxylic acid groups (broad SMARTS) is 1. The molecular formula is C15H11NO5. The highest BCUT2D eigenvalue weighted by Gasteiger charge is 2.24. The van der Waals surface area contributed by atoms with Gasteiger partial charge in [0.15, 0.2) is 5.78 Å². The van der Waals surface area contributed by atoms with Gasteiger partial charge in [-0.25, -0.2) is 4.79 Å². The number of hydrogen-bond donors (Lipinski definition) is 1. The number of aromatic nitrogens is 1. The number of carbonyl (C=O) groups is 3. The summed E-state index contributed by atoms with van der Waals surface area (Å²) in [4.78, 5) is 34.7. The van der Waals surface area contributed by atoms with Crippen molar-refractivity contribution in [2.75, 3.05) is 0 Å². The zero-order chi connectivity index (χ0) is 15.4. The predicted octanol–water partition coefficient (Wildman–Crippen LogP) is 1.47. The summed E-state index contributed by atoms with van der Waals surface area (Å²) < 4.78 is 0.0307. The molecule has 21 heavy (non-hydrogen) atoms. The molecule has 106 valence electrons. The predicted molar refractivity (Wildman–Crippen MR) is 72.1 cm³/mol.